The van der Waals surface area contributed by atoms with E-state index in [4.69, 9.17) is 4.74 Å². The van der Waals surface area contributed by atoms with Gasteiger partial charge in [-0.1, -0.05) is 18.2 Å². The summed E-state index contributed by atoms with van der Waals surface area (Å²) in [6, 6.07) is 15.1. The number of hydrogen-bond donors (Lipinski definition) is 2. The summed E-state index contributed by atoms with van der Waals surface area (Å²) in [7, 11) is 1.62. The molecule has 5 nitrogen and oxygen atoms in total. The van der Waals surface area contributed by atoms with Crippen molar-refractivity contribution in [3.63, 3.8) is 0 Å². The van der Waals surface area contributed by atoms with Gasteiger partial charge in [0.15, 0.2) is 0 Å². The number of rotatable bonds is 7. The SMILES string of the molecule is CCN(CC)c1ccc(NC(=O)N/C=C/c2ccccc2OC)cc1. The molecule has 2 aromatic rings. The van der Waals surface area contributed by atoms with Gasteiger partial charge in [-0.05, 0) is 50.3 Å². The Balaban J connectivity index is 1.91. The molecule has 0 unspecified atom stereocenters. The predicted molar refractivity (Wildman–Crippen MR) is 104 cm³/mol. The zero-order valence-electron chi connectivity index (χ0n) is 15.0. The molecule has 0 spiro atoms. The summed E-state index contributed by atoms with van der Waals surface area (Å²) >= 11 is 0. The second-order valence-electron chi connectivity index (χ2n) is 5.39. The molecule has 2 amide bonds. The fourth-order valence-electron chi connectivity index (χ4n) is 2.52. The second kappa shape index (κ2) is 9.37. The molecular formula is C20H25N3O2. The smallest absolute Gasteiger partial charge is 0.323 e. The van der Waals surface area contributed by atoms with Crippen LogP contribution in [0.3, 0.4) is 0 Å². The average molecular weight is 339 g/mol. The lowest BCUT2D eigenvalue weighted by Crippen LogP contribution is -2.24. The molecule has 132 valence electrons. The van der Waals surface area contributed by atoms with Crippen molar-refractivity contribution in [1.82, 2.24) is 5.32 Å². The largest absolute Gasteiger partial charge is 0.496 e. The first kappa shape index (κ1) is 18.4. The minimum Gasteiger partial charge on any atom is -0.496 e. The van der Waals surface area contributed by atoms with Crippen LogP contribution in [0, 0.1) is 0 Å². The van der Waals surface area contributed by atoms with E-state index >= 15 is 0 Å². The van der Waals surface area contributed by atoms with Crippen LogP contribution in [0.4, 0.5) is 16.2 Å². The molecule has 0 aliphatic carbocycles. The van der Waals surface area contributed by atoms with Gasteiger partial charge in [0.25, 0.3) is 0 Å². The van der Waals surface area contributed by atoms with E-state index in [0.717, 1.165) is 35.8 Å². The molecule has 0 heterocycles. The van der Waals surface area contributed by atoms with Gasteiger partial charge in [-0.15, -0.1) is 0 Å². The molecule has 25 heavy (non-hydrogen) atoms. The number of nitrogens with zero attached hydrogens (tertiary/aromatic N) is 1. The van der Waals surface area contributed by atoms with E-state index in [1.807, 2.05) is 48.5 Å². The predicted octanol–water partition coefficient (Wildman–Crippen LogP) is 4.33. The number of para-hydroxylation sites is 1. The normalized spacial score (nSPS) is 10.5. The summed E-state index contributed by atoms with van der Waals surface area (Å²) < 4.78 is 5.26. The molecule has 2 N–H and O–H groups in total. The number of hydrogen-bond acceptors (Lipinski definition) is 3. The molecule has 5 heteroatoms. The molecule has 0 fully saturated rings. The molecule has 0 aromatic heterocycles. The van der Waals surface area contributed by atoms with Crippen molar-refractivity contribution < 1.29 is 9.53 Å². The molecule has 0 saturated heterocycles. The van der Waals surface area contributed by atoms with Crippen molar-refractivity contribution in [3.8, 4) is 5.75 Å². The maximum absolute atomic E-state index is 12.0. The quantitative estimate of drug-likeness (QED) is 0.789. The molecule has 0 bridgehead atoms. The van der Waals surface area contributed by atoms with Gasteiger partial charge in [-0.25, -0.2) is 4.79 Å². The molecule has 0 aliphatic heterocycles. The fraction of sp³-hybridized carbons (Fsp3) is 0.250. The Kier molecular flexibility index (Phi) is 6.89. The summed E-state index contributed by atoms with van der Waals surface area (Å²) in [4.78, 5) is 14.2. The van der Waals surface area contributed by atoms with Gasteiger partial charge < -0.3 is 20.3 Å². The van der Waals surface area contributed by atoms with Crippen LogP contribution in [-0.2, 0) is 0 Å². The third-order valence-electron chi connectivity index (χ3n) is 3.87. The lowest BCUT2D eigenvalue weighted by atomic mass is 10.2. The van der Waals surface area contributed by atoms with E-state index in [9.17, 15) is 4.79 Å². The Labute approximate surface area is 149 Å². The number of methoxy groups -OCH3 is 1. The average Bonchev–Trinajstić information content (AvgIpc) is 2.64. The number of carbonyl (C=O) groups is 1. The molecule has 0 atom stereocenters. The standard InChI is InChI=1S/C20H25N3O2/c1-4-23(5-2)18-12-10-17(11-13-18)22-20(24)21-15-14-16-8-6-7-9-19(16)25-3/h6-15H,4-5H2,1-3H3,(H2,21,22,24)/b15-14+. The first-order valence-corrected chi connectivity index (χ1v) is 8.40. The van der Waals surface area contributed by atoms with Crippen LogP contribution in [-0.4, -0.2) is 26.2 Å². The van der Waals surface area contributed by atoms with Gasteiger partial charge in [0, 0.05) is 36.2 Å². The van der Waals surface area contributed by atoms with Gasteiger partial charge in [-0.3, -0.25) is 0 Å². The molecule has 0 aliphatic rings. The van der Waals surface area contributed by atoms with E-state index in [1.54, 1.807) is 19.4 Å². The molecule has 2 rings (SSSR count). The number of nitrogens with one attached hydrogen (secondary N) is 2. The number of anilines is 2. The van der Waals surface area contributed by atoms with Crippen molar-refractivity contribution in [2.24, 2.45) is 0 Å². The number of benzene rings is 2. The topological polar surface area (TPSA) is 53.6 Å². The molecule has 0 saturated carbocycles. The monoisotopic (exact) mass is 339 g/mol. The van der Waals surface area contributed by atoms with E-state index in [1.165, 1.54) is 0 Å². The maximum Gasteiger partial charge on any atom is 0.323 e. The summed E-state index contributed by atoms with van der Waals surface area (Å²) in [6.07, 6.45) is 3.39. The maximum atomic E-state index is 12.0. The Morgan fingerprint density at radius 1 is 1.08 bits per heavy atom. The number of amides is 2. The van der Waals surface area contributed by atoms with Crippen LogP contribution >= 0.6 is 0 Å². The molecule has 2 aromatic carbocycles. The fourth-order valence-corrected chi connectivity index (χ4v) is 2.52. The van der Waals surface area contributed by atoms with Crippen LogP contribution in [0.1, 0.15) is 19.4 Å². The summed E-state index contributed by atoms with van der Waals surface area (Å²) in [5.41, 5.74) is 2.79. The van der Waals surface area contributed by atoms with Crippen molar-refractivity contribution in [1.29, 1.82) is 0 Å². The Morgan fingerprint density at radius 2 is 1.76 bits per heavy atom. The van der Waals surface area contributed by atoms with Crippen LogP contribution in [0.5, 0.6) is 5.75 Å². The summed E-state index contributed by atoms with van der Waals surface area (Å²) in [6.45, 7) is 6.16. The summed E-state index contributed by atoms with van der Waals surface area (Å²) in [5.74, 6) is 0.757. The number of urea groups is 1. The third kappa shape index (κ3) is 5.28. The van der Waals surface area contributed by atoms with Crippen LogP contribution in [0.25, 0.3) is 6.08 Å². The van der Waals surface area contributed by atoms with E-state index in [2.05, 4.69) is 29.4 Å². The van der Waals surface area contributed by atoms with E-state index in [0.29, 0.717) is 0 Å². The Morgan fingerprint density at radius 3 is 2.40 bits per heavy atom. The lowest BCUT2D eigenvalue weighted by Gasteiger charge is -2.21. The number of ether oxygens (including phenoxy) is 1. The van der Waals surface area contributed by atoms with Crippen LogP contribution in [0.2, 0.25) is 0 Å². The first-order chi connectivity index (χ1) is 12.2. The van der Waals surface area contributed by atoms with Gasteiger partial charge in [-0.2, -0.15) is 0 Å². The van der Waals surface area contributed by atoms with Gasteiger partial charge in [0.2, 0.25) is 0 Å². The second-order valence-corrected chi connectivity index (χ2v) is 5.39. The number of carbonyl (C=O) groups excluding carboxylic acids is 1. The van der Waals surface area contributed by atoms with Crippen molar-refractivity contribution in [2.45, 2.75) is 13.8 Å². The third-order valence-corrected chi connectivity index (χ3v) is 3.87. The Hall–Kier alpha value is -2.95. The van der Waals surface area contributed by atoms with E-state index in [-0.39, 0.29) is 6.03 Å². The van der Waals surface area contributed by atoms with Crippen molar-refractivity contribution in [2.75, 3.05) is 30.4 Å². The zero-order chi connectivity index (χ0) is 18.1. The minimum absolute atomic E-state index is 0.290. The van der Waals surface area contributed by atoms with Crippen molar-refractivity contribution >= 4 is 23.5 Å². The van der Waals surface area contributed by atoms with E-state index < -0.39 is 0 Å². The van der Waals surface area contributed by atoms with Crippen LogP contribution < -0.4 is 20.3 Å². The highest BCUT2D eigenvalue weighted by atomic mass is 16.5. The minimum atomic E-state index is -0.290. The zero-order valence-corrected chi connectivity index (χ0v) is 15.0. The highest BCUT2D eigenvalue weighted by molar-refractivity contribution is 5.90. The van der Waals surface area contributed by atoms with Gasteiger partial charge in [0.05, 0.1) is 7.11 Å². The highest BCUT2D eigenvalue weighted by Gasteiger charge is 2.03. The Bertz CT molecular complexity index is 707. The first-order valence-electron chi connectivity index (χ1n) is 8.40. The summed E-state index contributed by atoms with van der Waals surface area (Å²) in [5, 5.41) is 5.50. The molecular weight excluding hydrogens is 314 g/mol. The van der Waals surface area contributed by atoms with Gasteiger partial charge in [0.1, 0.15) is 5.75 Å². The lowest BCUT2D eigenvalue weighted by molar-refractivity contribution is 0.255. The van der Waals surface area contributed by atoms with Crippen LogP contribution in [0.15, 0.2) is 54.7 Å². The highest BCUT2D eigenvalue weighted by Crippen LogP contribution is 2.19. The van der Waals surface area contributed by atoms with Gasteiger partial charge >= 0.3 is 6.03 Å². The molecule has 0 radical (unpaired) electrons. The van der Waals surface area contributed by atoms with Crippen molar-refractivity contribution in [3.05, 3.63) is 60.3 Å².